The van der Waals surface area contributed by atoms with E-state index in [0.29, 0.717) is 0 Å². The number of anilines is 6. The molecule has 0 unspecified atom stereocenters. The number of nitrogens with zero attached hydrogens (tertiary/aromatic N) is 2. The fourth-order valence-electron chi connectivity index (χ4n) is 14.1. The van der Waals surface area contributed by atoms with Gasteiger partial charge in [-0.15, -0.1) is 0 Å². The molecule has 0 aliphatic heterocycles. The Morgan fingerprint density at radius 3 is 0.679 bits per heavy atom. The van der Waals surface area contributed by atoms with Crippen LogP contribution < -0.4 is 9.80 Å². The first-order valence-electron chi connectivity index (χ1n) is 30.4. The molecule has 0 heterocycles. The predicted molar refractivity (Wildman–Crippen MR) is 358 cm³/mol. The zero-order chi connectivity index (χ0) is 58.8. The molecule has 2 nitrogen and oxygen atoms in total. The lowest BCUT2D eigenvalue weighted by atomic mass is 9.57. The topological polar surface area (TPSA) is 6.48 Å². The van der Waals surface area contributed by atoms with Gasteiger partial charge in [0.1, 0.15) is 0 Å². The molecular weight excluding hydrogens is 1010 g/mol. The van der Waals surface area contributed by atoms with E-state index >= 15 is 0 Å². The molecule has 84 heavy (non-hydrogen) atoms. The highest BCUT2D eigenvalue weighted by Gasteiger charge is 2.44. The normalized spacial score (nSPS) is 14.7. The van der Waals surface area contributed by atoms with E-state index in [9.17, 15) is 0 Å². The third-order valence-electron chi connectivity index (χ3n) is 19.5. The van der Waals surface area contributed by atoms with Crippen molar-refractivity contribution in [3.05, 3.63) is 322 Å². The molecule has 0 aromatic heterocycles. The van der Waals surface area contributed by atoms with Gasteiger partial charge in [0.05, 0.1) is 0 Å². The van der Waals surface area contributed by atoms with E-state index < -0.39 is 0 Å². The van der Waals surface area contributed by atoms with Crippen LogP contribution in [0, 0.1) is 10.8 Å². The van der Waals surface area contributed by atoms with E-state index in [1.807, 2.05) is 0 Å². The highest BCUT2D eigenvalue weighted by molar-refractivity contribution is 6.01. The maximum atomic E-state index is 2.51. The second-order valence-corrected chi connectivity index (χ2v) is 27.4. The molecule has 0 radical (unpaired) electrons. The van der Waals surface area contributed by atoms with Crippen molar-refractivity contribution in [1.82, 2.24) is 0 Å². The number of hydrogen-bond acceptors (Lipinski definition) is 2. The van der Waals surface area contributed by atoms with Gasteiger partial charge >= 0.3 is 0 Å². The molecule has 0 spiro atoms. The maximum absolute atomic E-state index is 2.51. The highest BCUT2D eigenvalue weighted by Crippen LogP contribution is 2.59. The number of rotatable bonds is 14. The quantitative estimate of drug-likeness (QED) is 0.107. The molecule has 10 aromatic carbocycles. The minimum atomic E-state index is -0.149. The Kier molecular flexibility index (Phi) is 14.2. The monoisotopic (exact) mass is 1090 g/mol. The third kappa shape index (κ3) is 10.1. The van der Waals surface area contributed by atoms with Crippen LogP contribution >= 0.6 is 0 Å². The summed E-state index contributed by atoms with van der Waals surface area (Å²) < 4.78 is 0. The van der Waals surface area contributed by atoms with Gasteiger partial charge in [0.2, 0.25) is 0 Å². The average molecular weight is 1100 g/mol. The summed E-state index contributed by atoms with van der Waals surface area (Å²) in [6.07, 6.45) is 1.86. The van der Waals surface area contributed by atoms with Crippen molar-refractivity contribution in [2.24, 2.45) is 10.8 Å². The van der Waals surface area contributed by atoms with Crippen LogP contribution in [0.25, 0.3) is 11.1 Å². The Labute approximate surface area is 502 Å². The van der Waals surface area contributed by atoms with Crippen LogP contribution in [0.2, 0.25) is 0 Å². The lowest BCUT2D eigenvalue weighted by Gasteiger charge is -2.47. The Morgan fingerprint density at radius 2 is 0.452 bits per heavy atom. The van der Waals surface area contributed by atoms with Crippen molar-refractivity contribution in [1.29, 1.82) is 0 Å². The standard InChI is InChI=1S/C82H82N2/c1-77(2)55-57-53-71(83(67-41-33-63(34-42-67)79(5,6)59-25-17-13-18-26-59)68-43-35-64(36-44-68)80(7,8)60-27-19-14-20-28-60)50-52-74(57)76-75(77)73-51-49-72(54-58(73)56-78(76,3)4)84(69-45-37-65(38-46-69)81(9,10)61-29-21-15-22-30-61)70-47-39-66(40-48-70)82(11,12)62-31-23-16-24-32-62/h13-54H,55-56H2,1-12H3. The lowest BCUT2D eigenvalue weighted by molar-refractivity contribution is 0.445. The van der Waals surface area contributed by atoms with Crippen LogP contribution in [-0.4, -0.2) is 0 Å². The zero-order valence-corrected chi connectivity index (χ0v) is 51.6. The van der Waals surface area contributed by atoms with Crippen LogP contribution in [0.5, 0.6) is 0 Å². The highest BCUT2D eigenvalue weighted by atomic mass is 15.1. The largest absolute Gasteiger partial charge is 0.310 e. The van der Waals surface area contributed by atoms with Crippen molar-refractivity contribution >= 4 is 45.3 Å². The average Bonchev–Trinajstić information content (AvgIpc) is 1.15. The Morgan fingerprint density at radius 1 is 0.250 bits per heavy atom. The fourth-order valence-corrected chi connectivity index (χ4v) is 14.1. The van der Waals surface area contributed by atoms with E-state index in [-0.39, 0.29) is 32.5 Å². The number of fused-ring (bicyclic) bond motifs is 4. The van der Waals surface area contributed by atoms with E-state index in [1.54, 1.807) is 0 Å². The molecule has 0 amide bonds. The summed E-state index contributed by atoms with van der Waals surface area (Å²) in [5.74, 6) is 0. The van der Waals surface area contributed by atoms with E-state index in [0.717, 1.165) is 35.6 Å². The van der Waals surface area contributed by atoms with Crippen LogP contribution in [0.15, 0.2) is 255 Å². The van der Waals surface area contributed by atoms with E-state index in [1.165, 1.54) is 89.3 Å². The van der Waals surface area contributed by atoms with Gasteiger partial charge in [0, 0.05) is 55.8 Å². The minimum absolute atomic E-state index is 0.141. The lowest BCUT2D eigenvalue weighted by Crippen LogP contribution is -2.33. The molecule has 10 aromatic rings. The summed E-state index contributed by atoms with van der Waals surface area (Å²) in [5.41, 5.74) is 25.0. The molecule has 0 bridgehead atoms. The van der Waals surface area contributed by atoms with E-state index in [4.69, 9.17) is 0 Å². The smallest absolute Gasteiger partial charge is 0.0464 e. The van der Waals surface area contributed by atoms with Gasteiger partial charge in [-0.1, -0.05) is 265 Å². The van der Waals surface area contributed by atoms with Gasteiger partial charge in [-0.3, -0.25) is 0 Å². The molecule has 0 atom stereocenters. The van der Waals surface area contributed by atoms with Gasteiger partial charge < -0.3 is 9.80 Å². The molecule has 420 valence electrons. The van der Waals surface area contributed by atoms with Gasteiger partial charge in [0.25, 0.3) is 0 Å². The van der Waals surface area contributed by atoms with Crippen molar-refractivity contribution in [3.63, 3.8) is 0 Å². The van der Waals surface area contributed by atoms with Crippen molar-refractivity contribution in [2.75, 3.05) is 9.80 Å². The summed E-state index contributed by atoms with van der Waals surface area (Å²) in [6, 6.07) is 95.5. The van der Waals surface area contributed by atoms with Gasteiger partial charge in [0.15, 0.2) is 0 Å². The number of hydrogen-bond donors (Lipinski definition) is 0. The number of benzene rings is 10. The predicted octanol–water partition coefficient (Wildman–Crippen LogP) is 22.0. The van der Waals surface area contributed by atoms with Gasteiger partial charge in [-0.05, 0) is 174 Å². The second kappa shape index (κ2) is 21.3. The molecule has 2 aliphatic rings. The molecule has 0 fully saturated rings. The molecule has 0 saturated carbocycles. The van der Waals surface area contributed by atoms with Crippen LogP contribution in [-0.2, 0) is 34.5 Å². The fraction of sp³-hybridized carbons (Fsp3) is 0.244. The van der Waals surface area contributed by atoms with Crippen molar-refractivity contribution in [3.8, 4) is 0 Å². The number of allylic oxidation sites excluding steroid dienone is 2. The summed E-state index contributed by atoms with van der Waals surface area (Å²) in [7, 11) is 0. The molecule has 2 aliphatic carbocycles. The molecule has 0 N–H and O–H groups in total. The van der Waals surface area contributed by atoms with Crippen LogP contribution in [0.3, 0.4) is 0 Å². The van der Waals surface area contributed by atoms with Crippen molar-refractivity contribution in [2.45, 2.75) is 118 Å². The summed E-state index contributed by atoms with van der Waals surface area (Å²) >= 11 is 0. The SMILES string of the molecule is CC1(C)Cc2cc(N(c3ccc(C(C)(C)c4ccccc4)cc3)c3ccc(C(C)(C)c4ccccc4)cc3)ccc2C2=C1c1ccc(N(c3ccc(C(C)(C)c4ccccc4)cc3)c3ccc(C(C)(C)c4ccccc4)cc3)cc1CC2(C)C. The third-order valence-corrected chi connectivity index (χ3v) is 19.5. The second-order valence-electron chi connectivity index (χ2n) is 27.4. The zero-order valence-electron chi connectivity index (χ0n) is 51.6. The Bertz CT molecular complexity index is 3540. The Hall–Kier alpha value is -8.46. The molecular formula is C82H82N2. The van der Waals surface area contributed by atoms with Gasteiger partial charge in [-0.2, -0.15) is 0 Å². The first-order chi connectivity index (χ1) is 40.1. The molecule has 12 rings (SSSR count). The first kappa shape index (κ1) is 56.0. The summed E-state index contributed by atoms with van der Waals surface area (Å²) in [5, 5.41) is 0. The van der Waals surface area contributed by atoms with E-state index in [2.05, 4.69) is 348 Å². The van der Waals surface area contributed by atoms with Crippen molar-refractivity contribution < 1.29 is 0 Å². The summed E-state index contributed by atoms with van der Waals surface area (Å²) in [6.45, 7) is 28.6. The first-order valence-corrected chi connectivity index (χ1v) is 30.4. The Balaban J connectivity index is 0.934. The van der Waals surface area contributed by atoms with Crippen LogP contribution in [0.4, 0.5) is 34.1 Å². The molecule has 0 saturated heterocycles. The summed E-state index contributed by atoms with van der Waals surface area (Å²) in [4.78, 5) is 4.94. The van der Waals surface area contributed by atoms with Gasteiger partial charge in [-0.25, -0.2) is 0 Å². The van der Waals surface area contributed by atoms with Crippen LogP contribution in [0.1, 0.15) is 150 Å². The molecule has 2 heteroatoms. The minimum Gasteiger partial charge on any atom is -0.310 e. The maximum Gasteiger partial charge on any atom is 0.0464 e.